The number of amides is 2. The first-order valence-electron chi connectivity index (χ1n) is 5.69. The third-order valence-electron chi connectivity index (χ3n) is 2.75. The van der Waals surface area contributed by atoms with E-state index in [1.807, 2.05) is 20.8 Å². The van der Waals surface area contributed by atoms with E-state index in [0.717, 1.165) is 0 Å². The zero-order valence-electron chi connectivity index (χ0n) is 10.5. The molecule has 0 radical (unpaired) electrons. The fourth-order valence-corrected chi connectivity index (χ4v) is 1.84. The van der Waals surface area contributed by atoms with E-state index >= 15 is 0 Å². The highest BCUT2D eigenvalue weighted by Gasteiger charge is 2.37. The Morgan fingerprint density at radius 2 is 2.12 bits per heavy atom. The predicted molar refractivity (Wildman–Crippen MR) is 67.6 cm³/mol. The molecule has 0 aromatic carbocycles. The van der Waals surface area contributed by atoms with E-state index in [0.29, 0.717) is 19.5 Å². The van der Waals surface area contributed by atoms with Crippen LogP contribution in [0.25, 0.3) is 0 Å². The SMILES string of the molecule is CC(C)(C)C1NC(=O)CCN(C/C=C/Cl)C1=O. The zero-order valence-corrected chi connectivity index (χ0v) is 11.3. The fraction of sp³-hybridized carbons (Fsp3) is 0.667. The molecule has 96 valence electrons. The monoisotopic (exact) mass is 258 g/mol. The molecule has 0 saturated carbocycles. The molecule has 17 heavy (non-hydrogen) atoms. The standard InChI is InChI=1S/C12H19ClN2O2/c1-12(2,3)10-11(17)15(7-4-6-13)8-5-9(16)14-10/h4,6,10H,5,7-8H2,1-3H3,(H,14,16)/b6-4+. The second-order valence-electron chi connectivity index (χ2n) is 5.26. The Hall–Kier alpha value is -1.03. The van der Waals surface area contributed by atoms with Gasteiger partial charge in [0.1, 0.15) is 6.04 Å². The lowest BCUT2D eigenvalue weighted by molar-refractivity contribution is -0.135. The van der Waals surface area contributed by atoms with Crippen LogP contribution in [0.15, 0.2) is 11.6 Å². The van der Waals surface area contributed by atoms with Crippen LogP contribution in [0.3, 0.4) is 0 Å². The molecule has 1 atom stereocenters. The molecular formula is C12H19ClN2O2. The summed E-state index contributed by atoms with van der Waals surface area (Å²) in [5.74, 6) is -0.117. The van der Waals surface area contributed by atoms with E-state index in [9.17, 15) is 9.59 Å². The molecule has 4 nitrogen and oxygen atoms in total. The summed E-state index contributed by atoms with van der Waals surface area (Å²) in [7, 11) is 0. The van der Waals surface area contributed by atoms with Crippen LogP contribution in [-0.2, 0) is 9.59 Å². The van der Waals surface area contributed by atoms with Crippen LogP contribution < -0.4 is 5.32 Å². The molecule has 1 aliphatic heterocycles. The Morgan fingerprint density at radius 1 is 1.47 bits per heavy atom. The molecule has 0 aliphatic carbocycles. The lowest BCUT2D eigenvalue weighted by atomic mass is 9.86. The van der Waals surface area contributed by atoms with E-state index < -0.39 is 6.04 Å². The second kappa shape index (κ2) is 5.54. The molecule has 0 aromatic heterocycles. The summed E-state index contributed by atoms with van der Waals surface area (Å²) in [6.07, 6.45) is 2.05. The molecule has 1 aliphatic rings. The summed E-state index contributed by atoms with van der Waals surface area (Å²) < 4.78 is 0. The fourth-order valence-electron chi connectivity index (χ4n) is 1.76. The van der Waals surface area contributed by atoms with Crippen molar-refractivity contribution >= 4 is 23.4 Å². The van der Waals surface area contributed by atoms with Crippen LogP contribution in [0, 0.1) is 5.41 Å². The molecule has 5 heteroatoms. The van der Waals surface area contributed by atoms with Crippen molar-refractivity contribution < 1.29 is 9.59 Å². The van der Waals surface area contributed by atoms with Gasteiger partial charge in [-0.1, -0.05) is 38.4 Å². The zero-order chi connectivity index (χ0) is 13.1. The number of nitrogens with zero attached hydrogens (tertiary/aromatic N) is 1. The molecule has 2 amide bonds. The molecule has 0 bridgehead atoms. The summed E-state index contributed by atoms with van der Waals surface area (Å²) in [4.78, 5) is 25.5. The van der Waals surface area contributed by atoms with Crippen molar-refractivity contribution in [1.82, 2.24) is 10.2 Å². The van der Waals surface area contributed by atoms with Crippen LogP contribution in [0.5, 0.6) is 0 Å². The van der Waals surface area contributed by atoms with Gasteiger partial charge in [-0.3, -0.25) is 9.59 Å². The lowest BCUT2D eigenvalue weighted by Gasteiger charge is -2.31. The summed E-state index contributed by atoms with van der Waals surface area (Å²) in [6.45, 7) is 6.71. The molecule has 0 aromatic rings. The summed E-state index contributed by atoms with van der Waals surface area (Å²) >= 11 is 5.46. The van der Waals surface area contributed by atoms with Gasteiger partial charge in [-0.2, -0.15) is 0 Å². The Kier molecular flexibility index (Phi) is 4.57. The highest BCUT2D eigenvalue weighted by molar-refractivity contribution is 6.25. The molecule has 1 heterocycles. The van der Waals surface area contributed by atoms with Crippen LogP contribution >= 0.6 is 11.6 Å². The van der Waals surface area contributed by atoms with Gasteiger partial charge in [-0.05, 0) is 5.41 Å². The first kappa shape index (κ1) is 14.0. The van der Waals surface area contributed by atoms with Gasteiger partial charge >= 0.3 is 0 Å². The van der Waals surface area contributed by atoms with Crippen molar-refractivity contribution in [2.24, 2.45) is 5.41 Å². The third-order valence-corrected chi connectivity index (χ3v) is 2.93. The van der Waals surface area contributed by atoms with Gasteiger partial charge in [0.2, 0.25) is 11.8 Å². The largest absolute Gasteiger partial charge is 0.344 e. The van der Waals surface area contributed by atoms with Crippen molar-refractivity contribution in [3.05, 3.63) is 11.6 Å². The lowest BCUT2D eigenvalue weighted by Crippen LogP contribution is -2.51. The van der Waals surface area contributed by atoms with Crippen LogP contribution in [-0.4, -0.2) is 35.8 Å². The Balaban J connectivity index is 2.89. The number of rotatable bonds is 2. The van der Waals surface area contributed by atoms with Crippen molar-refractivity contribution in [3.8, 4) is 0 Å². The van der Waals surface area contributed by atoms with E-state index in [1.165, 1.54) is 5.54 Å². The number of carbonyl (C=O) groups is 2. The topological polar surface area (TPSA) is 49.4 Å². The second-order valence-corrected chi connectivity index (χ2v) is 5.51. The third kappa shape index (κ3) is 3.73. The van der Waals surface area contributed by atoms with Crippen molar-refractivity contribution in [2.75, 3.05) is 13.1 Å². The van der Waals surface area contributed by atoms with Gasteiger partial charge in [-0.25, -0.2) is 0 Å². The minimum absolute atomic E-state index is 0.0434. The first-order chi connectivity index (χ1) is 7.86. The van der Waals surface area contributed by atoms with Gasteiger partial charge in [-0.15, -0.1) is 0 Å². The van der Waals surface area contributed by atoms with Gasteiger partial charge in [0.15, 0.2) is 0 Å². The Bertz CT molecular complexity index is 334. The smallest absolute Gasteiger partial charge is 0.245 e. The average Bonchev–Trinajstić information content (AvgIpc) is 2.36. The van der Waals surface area contributed by atoms with E-state index in [1.54, 1.807) is 11.0 Å². The number of halogens is 1. The van der Waals surface area contributed by atoms with Crippen LogP contribution in [0.4, 0.5) is 0 Å². The van der Waals surface area contributed by atoms with Gasteiger partial charge in [0, 0.05) is 25.0 Å². The highest BCUT2D eigenvalue weighted by Crippen LogP contribution is 2.22. The predicted octanol–water partition coefficient (Wildman–Crippen LogP) is 1.50. The van der Waals surface area contributed by atoms with Crippen molar-refractivity contribution in [2.45, 2.75) is 33.2 Å². The molecule has 1 saturated heterocycles. The minimum Gasteiger partial charge on any atom is -0.344 e. The van der Waals surface area contributed by atoms with Crippen LogP contribution in [0.2, 0.25) is 0 Å². The van der Waals surface area contributed by atoms with Crippen LogP contribution in [0.1, 0.15) is 27.2 Å². The maximum atomic E-state index is 12.3. The number of nitrogens with one attached hydrogen (secondary N) is 1. The van der Waals surface area contributed by atoms with Gasteiger partial charge in [0.25, 0.3) is 0 Å². The number of carbonyl (C=O) groups excluding carboxylic acids is 2. The van der Waals surface area contributed by atoms with Gasteiger partial charge < -0.3 is 10.2 Å². The van der Waals surface area contributed by atoms with Crippen molar-refractivity contribution in [3.63, 3.8) is 0 Å². The summed E-state index contributed by atoms with van der Waals surface area (Å²) in [5.41, 5.74) is 1.10. The first-order valence-corrected chi connectivity index (χ1v) is 6.13. The summed E-state index contributed by atoms with van der Waals surface area (Å²) in [6, 6.07) is -0.471. The molecule has 0 spiro atoms. The van der Waals surface area contributed by atoms with E-state index in [-0.39, 0.29) is 17.2 Å². The Morgan fingerprint density at radius 3 is 2.65 bits per heavy atom. The number of hydrogen-bond acceptors (Lipinski definition) is 2. The molecular weight excluding hydrogens is 240 g/mol. The highest BCUT2D eigenvalue weighted by atomic mass is 35.5. The number of hydrogen-bond donors (Lipinski definition) is 1. The quantitative estimate of drug-likeness (QED) is 0.816. The maximum absolute atomic E-state index is 12.3. The molecule has 1 fully saturated rings. The van der Waals surface area contributed by atoms with Crippen molar-refractivity contribution in [1.29, 1.82) is 0 Å². The van der Waals surface area contributed by atoms with Gasteiger partial charge in [0.05, 0.1) is 0 Å². The molecule has 1 unspecified atom stereocenters. The van der Waals surface area contributed by atoms with E-state index in [2.05, 4.69) is 5.32 Å². The maximum Gasteiger partial charge on any atom is 0.245 e. The Labute approximate surface area is 107 Å². The summed E-state index contributed by atoms with van der Waals surface area (Å²) in [5, 5.41) is 2.79. The average molecular weight is 259 g/mol. The molecule has 1 rings (SSSR count). The van der Waals surface area contributed by atoms with E-state index in [4.69, 9.17) is 11.6 Å². The minimum atomic E-state index is -0.471. The normalized spacial score (nSPS) is 22.8. The molecule has 1 N–H and O–H groups in total.